The average Bonchev–Trinajstić information content (AvgIpc) is 2.66. The number of carbonyl (C=O) groups excluding carboxylic acids is 2. The van der Waals surface area contributed by atoms with Gasteiger partial charge < -0.3 is 24.6 Å². The van der Waals surface area contributed by atoms with E-state index >= 15 is 0 Å². The molecule has 1 aromatic rings. The van der Waals surface area contributed by atoms with Crippen LogP contribution in [0.15, 0.2) is 18.2 Å². The molecule has 0 aliphatic carbocycles. The number of likely N-dealkylation sites (tertiary alicyclic amines) is 2. The van der Waals surface area contributed by atoms with Gasteiger partial charge in [0.05, 0.1) is 17.7 Å². The van der Waals surface area contributed by atoms with Crippen molar-refractivity contribution in [1.82, 2.24) is 15.1 Å². The maximum Gasteiger partial charge on any atom is 0.416 e. The molecule has 0 aromatic heterocycles. The molecule has 0 spiro atoms. The highest BCUT2D eigenvalue weighted by Gasteiger charge is 2.41. The third-order valence-electron chi connectivity index (χ3n) is 6.01. The zero-order chi connectivity index (χ0) is 22.3. The van der Waals surface area contributed by atoms with Crippen LogP contribution in [-0.4, -0.2) is 72.8 Å². The summed E-state index contributed by atoms with van der Waals surface area (Å²) in [5, 5.41) is 2.85. The van der Waals surface area contributed by atoms with Crippen LogP contribution < -0.4 is 10.1 Å². The van der Waals surface area contributed by atoms with Crippen LogP contribution in [0.3, 0.4) is 0 Å². The largest absolute Gasteiger partial charge is 0.487 e. The summed E-state index contributed by atoms with van der Waals surface area (Å²) in [7, 11) is 0. The molecule has 3 amide bonds. The fourth-order valence-electron chi connectivity index (χ4n) is 4.11. The van der Waals surface area contributed by atoms with Crippen molar-refractivity contribution in [2.24, 2.45) is 5.92 Å². The fourth-order valence-corrected chi connectivity index (χ4v) is 4.11. The van der Waals surface area contributed by atoms with Crippen LogP contribution in [0.4, 0.5) is 22.4 Å². The molecule has 0 bridgehead atoms. The lowest BCUT2D eigenvalue weighted by molar-refractivity contribution is -0.140. The number of nitrogens with zero attached hydrogens (tertiary/aromatic N) is 2. The SMILES string of the molecule is CC(Oc1ccc(C(F)(F)F)cc1F)C1CN(C(=O)N2CCC3OCC(=O)N[C@@H]3C2)C1. The molecular weight excluding hydrogens is 422 g/mol. The van der Waals surface area contributed by atoms with Crippen LogP contribution in [-0.2, 0) is 15.7 Å². The minimum absolute atomic E-state index is 0.0420. The van der Waals surface area contributed by atoms with Gasteiger partial charge in [-0.05, 0) is 31.5 Å². The van der Waals surface area contributed by atoms with Gasteiger partial charge in [-0.2, -0.15) is 13.2 Å². The summed E-state index contributed by atoms with van der Waals surface area (Å²) in [5.41, 5.74) is -1.08. The van der Waals surface area contributed by atoms with E-state index in [-0.39, 0.29) is 42.4 Å². The second kappa shape index (κ2) is 8.18. The van der Waals surface area contributed by atoms with Crippen molar-refractivity contribution in [2.75, 3.05) is 32.8 Å². The molecule has 0 radical (unpaired) electrons. The van der Waals surface area contributed by atoms with Crippen LogP contribution in [0.2, 0.25) is 0 Å². The van der Waals surface area contributed by atoms with Gasteiger partial charge in [0.25, 0.3) is 0 Å². The van der Waals surface area contributed by atoms with Gasteiger partial charge in [0.2, 0.25) is 5.91 Å². The van der Waals surface area contributed by atoms with Gasteiger partial charge in [-0.15, -0.1) is 0 Å². The maximum atomic E-state index is 14.0. The van der Waals surface area contributed by atoms with Crippen molar-refractivity contribution in [3.05, 3.63) is 29.6 Å². The van der Waals surface area contributed by atoms with Gasteiger partial charge in [-0.1, -0.05) is 0 Å². The number of carbonyl (C=O) groups is 2. The van der Waals surface area contributed by atoms with Crippen molar-refractivity contribution in [3.63, 3.8) is 0 Å². The molecule has 31 heavy (non-hydrogen) atoms. The highest BCUT2D eigenvalue weighted by atomic mass is 19.4. The van der Waals surface area contributed by atoms with E-state index in [2.05, 4.69) is 5.32 Å². The molecule has 170 valence electrons. The molecular formula is C20H23F4N3O4. The number of benzene rings is 1. The Labute approximate surface area is 176 Å². The van der Waals surface area contributed by atoms with Gasteiger partial charge in [-0.25, -0.2) is 9.18 Å². The smallest absolute Gasteiger partial charge is 0.416 e. The van der Waals surface area contributed by atoms with Gasteiger partial charge in [0, 0.05) is 32.1 Å². The third-order valence-corrected chi connectivity index (χ3v) is 6.01. The van der Waals surface area contributed by atoms with Crippen molar-refractivity contribution in [3.8, 4) is 5.75 Å². The van der Waals surface area contributed by atoms with E-state index in [1.807, 2.05) is 0 Å². The standard InChI is InChI=1S/C20H23F4N3O4/c1-11(31-16-3-2-13(6-14(16)21)20(22,23)24)12-7-27(8-12)19(29)26-5-4-17-15(9-26)25-18(28)10-30-17/h2-3,6,11-12,15,17H,4-5,7-10H2,1H3,(H,25,28)/t11?,15-,17?/m1/s1. The van der Waals surface area contributed by atoms with Gasteiger partial charge >= 0.3 is 12.2 Å². The Morgan fingerprint density at radius 1 is 1.26 bits per heavy atom. The first-order valence-electron chi connectivity index (χ1n) is 10.1. The van der Waals surface area contributed by atoms with E-state index in [1.54, 1.807) is 16.7 Å². The summed E-state index contributed by atoms with van der Waals surface area (Å²) in [6, 6.07) is 1.79. The molecule has 0 saturated carbocycles. The number of amides is 3. The van der Waals surface area contributed by atoms with Gasteiger partial charge in [0.15, 0.2) is 11.6 Å². The van der Waals surface area contributed by atoms with E-state index in [4.69, 9.17) is 9.47 Å². The number of hydrogen-bond donors (Lipinski definition) is 1. The molecule has 7 nitrogen and oxygen atoms in total. The molecule has 3 aliphatic rings. The second-order valence-corrected chi connectivity index (χ2v) is 8.17. The maximum absolute atomic E-state index is 14.0. The Kier molecular flexibility index (Phi) is 5.71. The Hall–Kier alpha value is -2.56. The minimum Gasteiger partial charge on any atom is -0.487 e. The van der Waals surface area contributed by atoms with Gasteiger partial charge in [-0.3, -0.25) is 4.79 Å². The number of piperidine rings is 1. The van der Waals surface area contributed by atoms with E-state index in [0.29, 0.717) is 38.7 Å². The Bertz CT molecular complexity index is 859. The predicted octanol–water partition coefficient (Wildman–Crippen LogP) is 2.25. The zero-order valence-electron chi connectivity index (χ0n) is 16.8. The predicted molar refractivity (Wildman–Crippen MR) is 99.8 cm³/mol. The van der Waals surface area contributed by atoms with Crippen molar-refractivity contribution >= 4 is 11.9 Å². The summed E-state index contributed by atoms with van der Waals surface area (Å²) >= 11 is 0. The summed E-state index contributed by atoms with van der Waals surface area (Å²) in [5.74, 6) is -1.59. The zero-order valence-corrected chi connectivity index (χ0v) is 16.8. The number of fused-ring (bicyclic) bond motifs is 1. The molecule has 3 heterocycles. The highest BCUT2D eigenvalue weighted by molar-refractivity contribution is 5.79. The molecule has 11 heteroatoms. The lowest BCUT2D eigenvalue weighted by atomic mass is 9.94. The van der Waals surface area contributed by atoms with Crippen LogP contribution >= 0.6 is 0 Å². The molecule has 3 aliphatic heterocycles. The summed E-state index contributed by atoms with van der Waals surface area (Å²) in [6.45, 7) is 3.44. The van der Waals surface area contributed by atoms with Crippen LogP contribution in [0, 0.1) is 11.7 Å². The summed E-state index contributed by atoms with van der Waals surface area (Å²) in [6.07, 6.45) is -4.55. The number of morpholine rings is 1. The van der Waals surface area contributed by atoms with Crippen LogP contribution in [0.1, 0.15) is 18.9 Å². The number of rotatable bonds is 3. The van der Waals surface area contributed by atoms with Crippen LogP contribution in [0.5, 0.6) is 5.75 Å². The first kappa shape index (κ1) is 21.7. The molecule has 1 N–H and O–H groups in total. The van der Waals surface area contributed by atoms with Crippen molar-refractivity contribution < 1.29 is 36.6 Å². The number of ether oxygens (including phenoxy) is 2. The second-order valence-electron chi connectivity index (χ2n) is 8.17. The number of halogens is 4. The molecule has 1 aromatic carbocycles. The number of hydrogen-bond acceptors (Lipinski definition) is 4. The lowest BCUT2D eigenvalue weighted by Gasteiger charge is -2.47. The summed E-state index contributed by atoms with van der Waals surface area (Å²) in [4.78, 5) is 27.6. The van der Waals surface area contributed by atoms with E-state index in [0.717, 1.165) is 12.1 Å². The van der Waals surface area contributed by atoms with Crippen LogP contribution in [0.25, 0.3) is 0 Å². The molecule has 3 atom stereocenters. The van der Waals surface area contributed by atoms with E-state index in [1.165, 1.54) is 0 Å². The summed E-state index contributed by atoms with van der Waals surface area (Å²) < 4.78 is 63.0. The highest BCUT2D eigenvalue weighted by Crippen LogP contribution is 2.33. The lowest BCUT2D eigenvalue weighted by Crippen LogP contribution is -2.64. The molecule has 3 saturated heterocycles. The fraction of sp³-hybridized carbons (Fsp3) is 0.600. The Morgan fingerprint density at radius 2 is 2.00 bits per heavy atom. The topological polar surface area (TPSA) is 71.1 Å². The first-order valence-corrected chi connectivity index (χ1v) is 10.1. The molecule has 3 fully saturated rings. The number of alkyl halides is 3. The van der Waals surface area contributed by atoms with Crippen molar-refractivity contribution in [1.29, 1.82) is 0 Å². The molecule has 4 rings (SSSR count). The number of nitrogens with one attached hydrogen (secondary N) is 1. The third kappa shape index (κ3) is 4.56. The van der Waals surface area contributed by atoms with Gasteiger partial charge in [0.1, 0.15) is 12.7 Å². The minimum atomic E-state index is -4.62. The Balaban J connectivity index is 1.28. The Morgan fingerprint density at radius 3 is 2.68 bits per heavy atom. The first-order chi connectivity index (χ1) is 14.6. The quantitative estimate of drug-likeness (QED) is 0.725. The number of urea groups is 1. The van der Waals surface area contributed by atoms with E-state index in [9.17, 15) is 27.2 Å². The average molecular weight is 445 g/mol. The monoisotopic (exact) mass is 445 g/mol. The van der Waals surface area contributed by atoms with E-state index < -0.39 is 23.7 Å². The normalized spacial score (nSPS) is 25.4. The van der Waals surface area contributed by atoms with Crippen molar-refractivity contribution in [2.45, 2.75) is 37.8 Å². The molecule has 2 unspecified atom stereocenters.